The summed E-state index contributed by atoms with van der Waals surface area (Å²) in [6, 6.07) is 2.57. The van der Waals surface area contributed by atoms with Crippen LogP contribution in [0, 0.1) is 0 Å². The summed E-state index contributed by atoms with van der Waals surface area (Å²) in [6.45, 7) is 1.93. The van der Waals surface area contributed by atoms with Gasteiger partial charge in [0.2, 0.25) is 5.95 Å². The summed E-state index contributed by atoms with van der Waals surface area (Å²) >= 11 is 0. The monoisotopic (exact) mass is 273 g/mol. The van der Waals surface area contributed by atoms with E-state index in [0.717, 1.165) is 25.5 Å². The van der Waals surface area contributed by atoms with Gasteiger partial charge in [-0.15, -0.1) is 0 Å². The van der Waals surface area contributed by atoms with E-state index in [4.69, 9.17) is 0 Å². The van der Waals surface area contributed by atoms with E-state index in [1.165, 1.54) is 32.1 Å². The van der Waals surface area contributed by atoms with E-state index in [1.807, 2.05) is 29.3 Å². The summed E-state index contributed by atoms with van der Waals surface area (Å²) < 4.78 is 4.20. The molecule has 0 spiro atoms. The van der Waals surface area contributed by atoms with Gasteiger partial charge in [-0.1, -0.05) is 19.3 Å². The third kappa shape index (κ3) is 3.40. The van der Waals surface area contributed by atoms with Crippen molar-refractivity contribution >= 4 is 5.95 Å². The normalized spacial score (nSPS) is 16.4. The van der Waals surface area contributed by atoms with Gasteiger partial charge < -0.3 is 9.88 Å². The van der Waals surface area contributed by atoms with Crippen LogP contribution >= 0.6 is 0 Å². The predicted octanol–water partition coefficient (Wildman–Crippen LogP) is 2.91. The second-order valence-electron chi connectivity index (χ2n) is 5.55. The van der Waals surface area contributed by atoms with Crippen LogP contribution < -0.4 is 5.32 Å². The molecule has 2 aromatic heterocycles. The van der Waals surface area contributed by atoms with Gasteiger partial charge >= 0.3 is 0 Å². The van der Waals surface area contributed by atoms with Gasteiger partial charge in [0, 0.05) is 43.9 Å². The van der Waals surface area contributed by atoms with Gasteiger partial charge in [-0.2, -0.15) is 5.10 Å². The topological polar surface area (TPSA) is 47.7 Å². The molecule has 1 aliphatic carbocycles. The van der Waals surface area contributed by atoms with Crippen LogP contribution in [0.15, 0.2) is 30.9 Å². The fourth-order valence-electron chi connectivity index (χ4n) is 2.90. The average molecular weight is 273 g/mol. The minimum Gasteiger partial charge on any atom is -0.353 e. The molecular weight excluding hydrogens is 250 g/mol. The van der Waals surface area contributed by atoms with Crippen molar-refractivity contribution in [3.63, 3.8) is 0 Å². The molecule has 0 saturated heterocycles. The molecule has 20 heavy (non-hydrogen) atoms. The smallest absolute Gasteiger partial charge is 0.202 e. The largest absolute Gasteiger partial charge is 0.353 e. The van der Waals surface area contributed by atoms with Crippen LogP contribution in [-0.4, -0.2) is 25.4 Å². The van der Waals surface area contributed by atoms with E-state index in [-0.39, 0.29) is 0 Å². The predicted molar refractivity (Wildman–Crippen MR) is 79.6 cm³/mol. The van der Waals surface area contributed by atoms with Gasteiger partial charge in [-0.3, -0.25) is 4.68 Å². The third-order valence-electron chi connectivity index (χ3n) is 4.00. The molecule has 2 aromatic rings. The highest BCUT2D eigenvalue weighted by Gasteiger charge is 2.14. The SMILES string of the molecule is c1cnn(CCCn2ccnc2NC2CCCCC2)c1. The lowest BCUT2D eigenvalue weighted by Crippen LogP contribution is -2.24. The van der Waals surface area contributed by atoms with Gasteiger partial charge in [-0.05, 0) is 25.3 Å². The maximum Gasteiger partial charge on any atom is 0.202 e. The summed E-state index contributed by atoms with van der Waals surface area (Å²) in [5.41, 5.74) is 0. The van der Waals surface area contributed by atoms with Crippen LogP contribution in [0.5, 0.6) is 0 Å². The maximum atomic E-state index is 4.46. The molecule has 0 aromatic carbocycles. The molecule has 1 N–H and O–H groups in total. The van der Waals surface area contributed by atoms with Crippen molar-refractivity contribution < 1.29 is 0 Å². The second kappa shape index (κ2) is 6.59. The van der Waals surface area contributed by atoms with Crippen LogP contribution in [-0.2, 0) is 13.1 Å². The number of aryl methyl sites for hydroxylation is 2. The van der Waals surface area contributed by atoms with Crippen molar-refractivity contribution in [2.75, 3.05) is 5.32 Å². The minimum atomic E-state index is 0.607. The van der Waals surface area contributed by atoms with Gasteiger partial charge in [0.05, 0.1) is 0 Å². The number of anilines is 1. The molecule has 0 aliphatic heterocycles. The Labute approximate surface area is 120 Å². The van der Waals surface area contributed by atoms with E-state index >= 15 is 0 Å². The average Bonchev–Trinajstić information content (AvgIpc) is 3.13. The molecule has 108 valence electrons. The molecule has 0 bridgehead atoms. The Hall–Kier alpha value is -1.78. The van der Waals surface area contributed by atoms with E-state index in [0.29, 0.717) is 6.04 Å². The Bertz CT molecular complexity index is 496. The maximum absolute atomic E-state index is 4.46. The Morgan fingerprint density at radius 3 is 2.80 bits per heavy atom. The van der Waals surface area contributed by atoms with Crippen LogP contribution in [0.1, 0.15) is 38.5 Å². The summed E-state index contributed by atoms with van der Waals surface area (Å²) in [6.07, 6.45) is 15.5. The van der Waals surface area contributed by atoms with Crippen molar-refractivity contribution in [3.8, 4) is 0 Å². The molecule has 0 unspecified atom stereocenters. The number of hydrogen-bond donors (Lipinski definition) is 1. The molecule has 3 rings (SSSR count). The highest BCUT2D eigenvalue weighted by Crippen LogP contribution is 2.21. The second-order valence-corrected chi connectivity index (χ2v) is 5.55. The summed E-state index contributed by atoms with van der Waals surface area (Å²) in [4.78, 5) is 4.46. The highest BCUT2D eigenvalue weighted by atomic mass is 15.3. The van der Waals surface area contributed by atoms with Crippen LogP contribution in [0.4, 0.5) is 5.95 Å². The standard InChI is InChI=1S/C15H23N5/c1-2-6-14(7-3-1)18-15-16-9-13-19(15)10-5-12-20-11-4-8-17-20/h4,8-9,11,13-14H,1-3,5-7,10,12H2,(H,16,18). The van der Waals surface area contributed by atoms with Crippen molar-refractivity contribution in [1.29, 1.82) is 0 Å². The first-order chi connectivity index (χ1) is 9.92. The van der Waals surface area contributed by atoms with E-state index in [1.54, 1.807) is 0 Å². The van der Waals surface area contributed by atoms with Crippen molar-refractivity contribution in [2.45, 2.75) is 57.7 Å². The Balaban J connectivity index is 1.50. The van der Waals surface area contributed by atoms with Crippen molar-refractivity contribution in [1.82, 2.24) is 19.3 Å². The lowest BCUT2D eigenvalue weighted by Gasteiger charge is -2.23. The van der Waals surface area contributed by atoms with Crippen LogP contribution in [0.25, 0.3) is 0 Å². The summed E-state index contributed by atoms with van der Waals surface area (Å²) in [5.74, 6) is 1.03. The molecular formula is C15H23N5. The Morgan fingerprint density at radius 1 is 1.10 bits per heavy atom. The zero-order chi connectivity index (χ0) is 13.6. The number of rotatable bonds is 6. The summed E-state index contributed by atoms with van der Waals surface area (Å²) in [7, 11) is 0. The molecule has 0 atom stereocenters. The first kappa shape index (κ1) is 13.2. The summed E-state index contributed by atoms with van der Waals surface area (Å²) in [5, 5.41) is 7.83. The first-order valence-electron chi connectivity index (χ1n) is 7.67. The lowest BCUT2D eigenvalue weighted by molar-refractivity contribution is 0.457. The lowest BCUT2D eigenvalue weighted by atomic mass is 9.96. The van der Waals surface area contributed by atoms with Gasteiger partial charge in [0.25, 0.3) is 0 Å². The fraction of sp³-hybridized carbons (Fsp3) is 0.600. The molecule has 1 saturated carbocycles. The van der Waals surface area contributed by atoms with Crippen LogP contribution in [0.3, 0.4) is 0 Å². The highest BCUT2D eigenvalue weighted by molar-refractivity contribution is 5.27. The van der Waals surface area contributed by atoms with Crippen molar-refractivity contribution in [3.05, 3.63) is 30.9 Å². The molecule has 5 nitrogen and oxygen atoms in total. The number of nitrogens with one attached hydrogen (secondary N) is 1. The molecule has 0 radical (unpaired) electrons. The minimum absolute atomic E-state index is 0.607. The van der Waals surface area contributed by atoms with Crippen LogP contribution in [0.2, 0.25) is 0 Å². The molecule has 0 amide bonds. The Kier molecular flexibility index (Phi) is 4.35. The van der Waals surface area contributed by atoms with Gasteiger partial charge in [0.15, 0.2) is 0 Å². The number of hydrogen-bond acceptors (Lipinski definition) is 3. The molecule has 2 heterocycles. The zero-order valence-corrected chi connectivity index (χ0v) is 11.9. The number of nitrogens with zero attached hydrogens (tertiary/aromatic N) is 4. The number of aromatic nitrogens is 4. The zero-order valence-electron chi connectivity index (χ0n) is 11.9. The van der Waals surface area contributed by atoms with Gasteiger partial charge in [-0.25, -0.2) is 4.98 Å². The third-order valence-corrected chi connectivity index (χ3v) is 4.00. The first-order valence-corrected chi connectivity index (χ1v) is 7.67. The van der Waals surface area contributed by atoms with Crippen molar-refractivity contribution in [2.24, 2.45) is 0 Å². The molecule has 1 fully saturated rings. The van der Waals surface area contributed by atoms with E-state index < -0.39 is 0 Å². The fourth-order valence-corrected chi connectivity index (χ4v) is 2.90. The van der Waals surface area contributed by atoms with E-state index in [9.17, 15) is 0 Å². The van der Waals surface area contributed by atoms with Gasteiger partial charge in [0.1, 0.15) is 0 Å². The Morgan fingerprint density at radius 2 is 2.00 bits per heavy atom. The molecule has 5 heteroatoms. The van der Waals surface area contributed by atoms with E-state index in [2.05, 4.69) is 26.2 Å². The molecule has 1 aliphatic rings. The number of imidazole rings is 1. The quantitative estimate of drug-likeness (QED) is 0.880.